The fraction of sp³-hybridized carbons (Fsp3) is 0.267. The average molecular weight is 529 g/mol. The van der Waals surface area contributed by atoms with Gasteiger partial charge in [-0.25, -0.2) is 0 Å². The van der Waals surface area contributed by atoms with Crippen LogP contribution in [0.2, 0.25) is 0 Å². The largest absolute Gasteiger partial charge is 0.497 e. The van der Waals surface area contributed by atoms with Crippen LogP contribution >= 0.6 is 11.3 Å². The number of benzene rings is 3. The number of hydrogen-bond acceptors (Lipinski definition) is 6. The molecule has 38 heavy (non-hydrogen) atoms. The molecule has 2 amide bonds. The topological polar surface area (TPSA) is 84.4 Å². The van der Waals surface area contributed by atoms with Crippen molar-refractivity contribution in [2.24, 2.45) is 0 Å². The van der Waals surface area contributed by atoms with Gasteiger partial charge in [0.2, 0.25) is 16.9 Å². The van der Waals surface area contributed by atoms with Gasteiger partial charge < -0.3 is 15.0 Å². The Labute approximate surface area is 227 Å². The van der Waals surface area contributed by atoms with Gasteiger partial charge in [-0.2, -0.15) is 0 Å². The molecule has 8 heteroatoms. The van der Waals surface area contributed by atoms with Gasteiger partial charge in [0.1, 0.15) is 10.8 Å². The van der Waals surface area contributed by atoms with Gasteiger partial charge in [-0.3, -0.25) is 9.59 Å². The van der Waals surface area contributed by atoms with Crippen LogP contribution in [-0.2, 0) is 16.0 Å². The molecule has 0 radical (unpaired) electrons. The molecule has 3 aromatic carbocycles. The van der Waals surface area contributed by atoms with Crippen LogP contribution in [0.3, 0.4) is 0 Å². The van der Waals surface area contributed by atoms with Crippen molar-refractivity contribution in [3.05, 3.63) is 96.1 Å². The summed E-state index contributed by atoms with van der Waals surface area (Å²) in [6.07, 6.45) is 1.58. The number of nitrogens with zero attached hydrogens (tertiary/aromatic N) is 3. The minimum atomic E-state index is -0.245. The SMILES string of the molecule is CCC(C(=O)N(CCC(=O)Nc1nnc(-c2ccc(OC)cc2)s1)CCc1ccccc1)c1ccccc1. The van der Waals surface area contributed by atoms with E-state index in [0.717, 1.165) is 28.9 Å². The zero-order chi connectivity index (χ0) is 26.7. The highest BCUT2D eigenvalue weighted by molar-refractivity contribution is 7.18. The molecule has 1 atom stereocenters. The molecule has 1 unspecified atom stereocenters. The second-order valence-electron chi connectivity index (χ2n) is 8.87. The van der Waals surface area contributed by atoms with E-state index in [0.29, 0.717) is 29.6 Å². The van der Waals surface area contributed by atoms with Gasteiger partial charge >= 0.3 is 0 Å². The Hall–Kier alpha value is -4.04. The average Bonchev–Trinajstić information content (AvgIpc) is 3.43. The van der Waals surface area contributed by atoms with E-state index < -0.39 is 0 Å². The standard InChI is InChI=1S/C30H32N4O3S/c1-3-26(23-12-8-5-9-13-23)29(36)34(20-18-22-10-6-4-7-11-22)21-19-27(35)31-30-33-32-28(38-30)24-14-16-25(37-2)17-15-24/h4-17,26H,3,18-21H2,1-2H3,(H,31,33,35). The number of carbonyl (C=O) groups is 2. The number of aromatic nitrogens is 2. The molecule has 1 N–H and O–H groups in total. The highest BCUT2D eigenvalue weighted by Gasteiger charge is 2.25. The van der Waals surface area contributed by atoms with Gasteiger partial charge in [-0.05, 0) is 48.2 Å². The maximum Gasteiger partial charge on any atom is 0.230 e. The Morgan fingerprint density at radius 2 is 1.61 bits per heavy atom. The predicted octanol–water partition coefficient (Wildman–Crippen LogP) is 5.81. The summed E-state index contributed by atoms with van der Waals surface area (Å²) in [5.41, 5.74) is 3.05. The van der Waals surface area contributed by atoms with Crippen LogP contribution in [-0.4, -0.2) is 47.1 Å². The van der Waals surface area contributed by atoms with E-state index in [9.17, 15) is 9.59 Å². The monoisotopic (exact) mass is 528 g/mol. The normalized spacial score (nSPS) is 11.5. The van der Waals surface area contributed by atoms with Crippen LogP contribution in [0.5, 0.6) is 5.75 Å². The van der Waals surface area contributed by atoms with E-state index >= 15 is 0 Å². The Bertz CT molecular complexity index is 1310. The van der Waals surface area contributed by atoms with E-state index in [1.54, 1.807) is 7.11 Å². The van der Waals surface area contributed by atoms with E-state index in [1.807, 2.05) is 84.6 Å². The number of ether oxygens (including phenoxy) is 1. The molecule has 196 valence electrons. The molecule has 0 fully saturated rings. The Morgan fingerprint density at radius 3 is 2.26 bits per heavy atom. The third-order valence-electron chi connectivity index (χ3n) is 6.35. The Morgan fingerprint density at radius 1 is 0.921 bits per heavy atom. The third kappa shape index (κ3) is 7.26. The molecule has 0 aliphatic rings. The summed E-state index contributed by atoms with van der Waals surface area (Å²) in [5, 5.41) is 12.3. The lowest BCUT2D eigenvalue weighted by molar-refractivity contribution is -0.133. The van der Waals surface area contributed by atoms with Crippen molar-refractivity contribution < 1.29 is 14.3 Å². The first kappa shape index (κ1) is 27.0. The molecule has 0 bridgehead atoms. The van der Waals surface area contributed by atoms with Crippen molar-refractivity contribution in [2.45, 2.75) is 32.1 Å². The number of nitrogens with one attached hydrogen (secondary N) is 1. The van der Waals surface area contributed by atoms with Gasteiger partial charge in [0.15, 0.2) is 0 Å². The van der Waals surface area contributed by atoms with Crippen molar-refractivity contribution in [1.82, 2.24) is 15.1 Å². The quantitative estimate of drug-likeness (QED) is 0.251. The second kappa shape index (κ2) is 13.5. The first-order chi connectivity index (χ1) is 18.6. The van der Waals surface area contributed by atoms with Crippen LogP contribution < -0.4 is 10.1 Å². The number of rotatable bonds is 12. The molecule has 1 heterocycles. The molecule has 4 rings (SSSR count). The first-order valence-electron chi connectivity index (χ1n) is 12.7. The van der Waals surface area contributed by atoms with E-state index in [-0.39, 0.29) is 24.2 Å². The lowest BCUT2D eigenvalue weighted by Crippen LogP contribution is -2.38. The van der Waals surface area contributed by atoms with Crippen molar-refractivity contribution in [1.29, 1.82) is 0 Å². The second-order valence-corrected chi connectivity index (χ2v) is 9.85. The van der Waals surface area contributed by atoms with Crippen molar-refractivity contribution in [2.75, 3.05) is 25.5 Å². The van der Waals surface area contributed by atoms with Gasteiger partial charge in [0.05, 0.1) is 13.0 Å². The smallest absolute Gasteiger partial charge is 0.230 e. The maximum absolute atomic E-state index is 13.6. The van der Waals surface area contributed by atoms with E-state index in [1.165, 1.54) is 11.3 Å². The molecule has 4 aromatic rings. The van der Waals surface area contributed by atoms with Crippen LogP contribution in [0.4, 0.5) is 5.13 Å². The predicted molar refractivity (Wildman–Crippen MR) is 151 cm³/mol. The lowest BCUT2D eigenvalue weighted by Gasteiger charge is -2.27. The van der Waals surface area contributed by atoms with Crippen molar-refractivity contribution >= 4 is 28.3 Å². The summed E-state index contributed by atoms with van der Waals surface area (Å²) < 4.78 is 5.20. The number of amides is 2. The molecule has 1 aromatic heterocycles. The summed E-state index contributed by atoms with van der Waals surface area (Å²) in [7, 11) is 1.62. The highest BCUT2D eigenvalue weighted by atomic mass is 32.1. The van der Waals surface area contributed by atoms with Gasteiger partial charge in [-0.1, -0.05) is 78.9 Å². The molecule has 0 saturated heterocycles. The minimum Gasteiger partial charge on any atom is -0.497 e. The zero-order valence-electron chi connectivity index (χ0n) is 21.7. The van der Waals surface area contributed by atoms with Gasteiger partial charge in [0, 0.05) is 25.1 Å². The third-order valence-corrected chi connectivity index (χ3v) is 7.24. The van der Waals surface area contributed by atoms with Gasteiger partial charge in [0.25, 0.3) is 0 Å². The number of hydrogen-bond donors (Lipinski definition) is 1. The molecule has 7 nitrogen and oxygen atoms in total. The molecular weight excluding hydrogens is 496 g/mol. The fourth-order valence-corrected chi connectivity index (χ4v) is 5.01. The minimum absolute atomic E-state index is 0.0418. The van der Waals surface area contributed by atoms with Crippen molar-refractivity contribution in [3.8, 4) is 16.3 Å². The van der Waals surface area contributed by atoms with Crippen LogP contribution in [0.25, 0.3) is 10.6 Å². The molecule has 0 aliphatic heterocycles. The van der Waals surface area contributed by atoms with Crippen LogP contribution in [0.1, 0.15) is 36.8 Å². The van der Waals surface area contributed by atoms with Crippen LogP contribution in [0.15, 0.2) is 84.9 Å². The fourth-order valence-electron chi connectivity index (χ4n) is 4.24. The molecule has 0 aliphatic carbocycles. The highest BCUT2D eigenvalue weighted by Crippen LogP contribution is 2.28. The van der Waals surface area contributed by atoms with E-state index in [4.69, 9.17) is 4.74 Å². The van der Waals surface area contributed by atoms with E-state index in [2.05, 4.69) is 27.6 Å². The maximum atomic E-state index is 13.6. The Balaban J connectivity index is 1.40. The number of carbonyl (C=O) groups excluding carboxylic acids is 2. The first-order valence-corrected chi connectivity index (χ1v) is 13.5. The molecular formula is C30H32N4O3S. The summed E-state index contributed by atoms with van der Waals surface area (Å²) in [6.45, 7) is 2.89. The lowest BCUT2D eigenvalue weighted by atomic mass is 9.94. The molecule has 0 saturated carbocycles. The Kier molecular flexibility index (Phi) is 9.59. The summed E-state index contributed by atoms with van der Waals surface area (Å²) in [6, 6.07) is 27.4. The van der Waals surface area contributed by atoms with Crippen LogP contribution in [0, 0.1) is 0 Å². The van der Waals surface area contributed by atoms with Gasteiger partial charge in [-0.15, -0.1) is 10.2 Å². The molecule has 0 spiro atoms. The number of anilines is 1. The van der Waals surface area contributed by atoms with Crippen molar-refractivity contribution in [3.63, 3.8) is 0 Å². The summed E-state index contributed by atoms with van der Waals surface area (Å²) in [4.78, 5) is 28.3. The number of methoxy groups -OCH3 is 1. The summed E-state index contributed by atoms with van der Waals surface area (Å²) in [5.74, 6) is 0.355. The summed E-state index contributed by atoms with van der Waals surface area (Å²) >= 11 is 1.31. The zero-order valence-corrected chi connectivity index (χ0v) is 22.5.